The summed E-state index contributed by atoms with van der Waals surface area (Å²) in [5, 5.41) is 1.99. The van der Waals surface area contributed by atoms with Gasteiger partial charge in [0.1, 0.15) is 4.34 Å². The Hall–Kier alpha value is -2.59. The molecule has 8 nitrogen and oxygen atoms in total. The van der Waals surface area contributed by atoms with Crippen LogP contribution < -0.4 is 0 Å². The van der Waals surface area contributed by atoms with Gasteiger partial charge in [-0.1, -0.05) is 30.0 Å². The van der Waals surface area contributed by atoms with Crippen LogP contribution in [0.5, 0.6) is 0 Å². The van der Waals surface area contributed by atoms with Crippen LogP contribution in [0.25, 0.3) is 0 Å². The predicted molar refractivity (Wildman–Crippen MR) is 118 cm³/mol. The second kappa shape index (κ2) is 11.1. The second-order valence-electron chi connectivity index (χ2n) is 6.84. The van der Waals surface area contributed by atoms with Gasteiger partial charge < -0.3 is 19.3 Å². The summed E-state index contributed by atoms with van der Waals surface area (Å²) in [6, 6.07) is 7.22. The van der Waals surface area contributed by atoms with Crippen LogP contribution in [0.15, 0.2) is 34.0 Å². The first-order valence-electron chi connectivity index (χ1n) is 9.97. The van der Waals surface area contributed by atoms with Crippen molar-refractivity contribution in [1.82, 2.24) is 14.8 Å². The van der Waals surface area contributed by atoms with E-state index in [9.17, 15) is 14.4 Å². The van der Waals surface area contributed by atoms with Crippen molar-refractivity contribution in [3.05, 3.63) is 46.5 Å². The van der Waals surface area contributed by atoms with Crippen LogP contribution in [0, 0.1) is 6.92 Å². The molecule has 2 aromatic rings. The van der Waals surface area contributed by atoms with Crippen molar-refractivity contribution in [3.63, 3.8) is 0 Å². The lowest BCUT2D eigenvalue weighted by Crippen LogP contribution is -2.51. The Balaban J connectivity index is 1.49. The normalized spacial score (nSPS) is 13.7. The van der Waals surface area contributed by atoms with Gasteiger partial charge >= 0.3 is 12.1 Å². The molecule has 31 heavy (non-hydrogen) atoms. The standard InChI is InChI=1S/C21H25N3O5S2/c1-3-28-21(27)24-10-8-23(9-11-24)18(25)12-29-19(26)17-7-5-4-6-16(17)14-31-20-22-15(2)13-30-20/h4-7,13H,3,8-12,14H2,1-2H3. The molecule has 1 aliphatic heterocycles. The molecule has 1 fully saturated rings. The van der Waals surface area contributed by atoms with E-state index in [2.05, 4.69) is 4.98 Å². The highest BCUT2D eigenvalue weighted by atomic mass is 32.2. The van der Waals surface area contributed by atoms with Crippen molar-refractivity contribution in [2.75, 3.05) is 39.4 Å². The minimum Gasteiger partial charge on any atom is -0.452 e. The SMILES string of the molecule is CCOC(=O)N1CCN(C(=O)COC(=O)c2ccccc2CSc2nc(C)cs2)CC1. The quantitative estimate of drug-likeness (QED) is 0.460. The molecule has 0 aliphatic carbocycles. The molecule has 3 rings (SSSR count). The number of piperazine rings is 1. The van der Waals surface area contributed by atoms with Gasteiger partial charge in [-0.05, 0) is 25.5 Å². The minimum atomic E-state index is -0.523. The van der Waals surface area contributed by atoms with Crippen LogP contribution in [0.2, 0.25) is 0 Å². The molecule has 1 aromatic heterocycles. The highest BCUT2D eigenvalue weighted by molar-refractivity contribution is 8.00. The third kappa shape index (κ3) is 6.44. The molecule has 0 unspecified atom stereocenters. The number of ether oxygens (including phenoxy) is 2. The van der Waals surface area contributed by atoms with Gasteiger partial charge in [-0.25, -0.2) is 14.6 Å². The largest absolute Gasteiger partial charge is 0.452 e. The molecule has 0 atom stereocenters. The van der Waals surface area contributed by atoms with Crippen LogP contribution in [0.1, 0.15) is 28.5 Å². The third-order valence-corrected chi connectivity index (χ3v) is 6.86. The highest BCUT2D eigenvalue weighted by Crippen LogP contribution is 2.27. The number of esters is 1. The number of hydrogen-bond donors (Lipinski definition) is 0. The number of hydrogen-bond acceptors (Lipinski definition) is 8. The van der Waals surface area contributed by atoms with E-state index in [1.54, 1.807) is 52.0 Å². The van der Waals surface area contributed by atoms with Crippen molar-refractivity contribution in [3.8, 4) is 0 Å². The van der Waals surface area contributed by atoms with Gasteiger partial charge in [0, 0.05) is 43.0 Å². The van der Waals surface area contributed by atoms with E-state index < -0.39 is 5.97 Å². The molecule has 2 heterocycles. The van der Waals surface area contributed by atoms with Gasteiger partial charge in [0.25, 0.3) is 5.91 Å². The predicted octanol–water partition coefficient (Wildman–Crippen LogP) is 3.20. The number of nitrogens with zero attached hydrogens (tertiary/aromatic N) is 3. The zero-order chi connectivity index (χ0) is 22.2. The van der Waals surface area contributed by atoms with Crippen LogP contribution in [-0.4, -0.2) is 72.1 Å². The molecular weight excluding hydrogens is 438 g/mol. The number of amides is 2. The lowest BCUT2D eigenvalue weighted by atomic mass is 10.1. The zero-order valence-corrected chi connectivity index (χ0v) is 19.2. The van der Waals surface area contributed by atoms with Crippen molar-refractivity contribution >= 4 is 41.1 Å². The van der Waals surface area contributed by atoms with E-state index in [4.69, 9.17) is 9.47 Å². The smallest absolute Gasteiger partial charge is 0.409 e. The first-order valence-corrected chi connectivity index (χ1v) is 11.8. The fourth-order valence-electron chi connectivity index (χ4n) is 3.03. The fraction of sp³-hybridized carbons (Fsp3) is 0.429. The van der Waals surface area contributed by atoms with E-state index in [0.717, 1.165) is 15.6 Å². The van der Waals surface area contributed by atoms with Crippen molar-refractivity contribution in [2.24, 2.45) is 0 Å². The van der Waals surface area contributed by atoms with Crippen molar-refractivity contribution in [1.29, 1.82) is 0 Å². The summed E-state index contributed by atoms with van der Waals surface area (Å²) in [7, 11) is 0. The number of thiazole rings is 1. The summed E-state index contributed by atoms with van der Waals surface area (Å²) < 4.78 is 11.2. The molecule has 0 radical (unpaired) electrons. The Morgan fingerprint density at radius 3 is 2.48 bits per heavy atom. The molecule has 1 aromatic carbocycles. The van der Waals surface area contributed by atoms with E-state index in [0.29, 0.717) is 44.1 Å². The monoisotopic (exact) mass is 463 g/mol. The van der Waals surface area contributed by atoms with Gasteiger partial charge in [0.2, 0.25) is 0 Å². The fourth-order valence-corrected chi connectivity index (χ4v) is 4.89. The maximum Gasteiger partial charge on any atom is 0.409 e. The lowest BCUT2D eigenvalue weighted by Gasteiger charge is -2.33. The van der Waals surface area contributed by atoms with Crippen LogP contribution >= 0.6 is 23.1 Å². The van der Waals surface area contributed by atoms with Crippen LogP contribution in [-0.2, 0) is 20.0 Å². The maximum atomic E-state index is 12.6. The Bertz CT molecular complexity index is 925. The first kappa shape index (κ1) is 23.1. The molecule has 166 valence electrons. The van der Waals surface area contributed by atoms with Crippen molar-refractivity contribution < 1.29 is 23.9 Å². The summed E-state index contributed by atoms with van der Waals surface area (Å²) >= 11 is 3.13. The van der Waals surface area contributed by atoms with E-state index in [1.165, 1.54) is 0 Å². The number of rotatable bonds is 7. The number of carbonyl (C=O) groups excluding carboxylic acids is 3. The van der Waals surface area contributed by atoms with Crippen molar-refractivity contribution in [2.45, 2.75) is 23.9 Å². The van der Waals surface area contributed by atoms with Crippen LogP contribution in [0.4, 0.5) is 4.79 Å². The molecular formula is C21H25N3O5S2. The molecule has 0 saturated carbocycles. The molecule has 1 saturated heterocycles. The Labute approximate surface area is 189 Å². The summed E-state index contributed by atoms with van der Waals surface area (Å²) in [5.41, 5.74) is 2.26. The summed E-state index contributed by atoms with van der Waals surface area (Å²) in [6.07, 6.45) is -0.372. The average molecular weight is 464 g/mol. The maximum absolute atomic E-state index is 12.6. The number of carbonyl (C=O) groups is 3. The average Bonchev–Trinajstić information content (AvgIpc) is 3.21. The number of benzene rings is 1. The van der Waals surface area contributed by atoms with E-state index in [-0.39, 0.29) is 18.6 Å². The van der Waals surface area contributed by atoms with Crippen LogP contribution in [0.3, 0.4) is 0 Å². The number of aryl methyl sites for hydroxylation is 1. The lowest BCUT2D eigenvalue weighted by molar-refractivity contribution is -0.136. The Kier molecular flexibility index (Phi) is 8.30. The molecule has 0 bridgehead atoms. The Morgan fingerprint density at radius 2 is 1.81 bits per heavy atom. The molecule has 0 N–H and O–H groups in total. The first-order chi connectivity index (χ1) is 15.0. The van der Waals surface area contributed by atoms with E-state index in [1.807, 2.05) is 24.4 Å². The number of thioether (sulfide) groups is 1. The summed E-state index contributed by atoms with van der Waals surface area (Å²) in [6.45, 7) is 5.25. The molecule has 1 aliphatic rings. The topological polar surface area (TPSA) is 89.0 Å². The summed E-state index contributed by atoms with van der Waals surface area (Å²) in [5.74, 6) is -0.214. The minimum absolute atomic E-state index is 0.276. The molecule has 10 heteroatoms. The van der Waals surface area contributed by atoms with Gasteiger partial charge in [0.05, 0.1) is 12.2 Å². The summed E-state index contributed by atoms with van der Waals surface area (Å²) in [4.78, 5) is 44.4. The van der Waals surface area contributed by atoms with E-state index >= 15 is 0 Å². The third-order valence-electron chi connectivity index (χ3n) is 4.67. The number of aromatic nitrogens is 1. The highest BCUT2D eigenvalue weighted by Gasteiger charge is 2.25. The van der Waals surface area contributed by atoms with Gasteiger partial charge in [-0.3, -0.25) is 4.79 Å². The Morgan fingerprint density at radius 1 is 1.10 bits per heavy atom. The molecule has 2 amide bonds. The van der Waals surface area contributed by atoms with Gasteiger partial charge in [-0.2, -0.15) is 0 Å². The molecule has 0 spiro atoms. The van der Waals surface area contributed by atoms with Gasteiger partial charge in [0.15, 0.2) is 6.61 Å². The second-order valence-corrected chi connectivity index (χ2v) is 8.92. The van der Waals surface area contributed by atoms with Gasteiger partial charge in [-0.15, -0.1) is 11.3 Å². The zero-order valence-electron chi connectivity index (χ0n) is 17.5.